The quantitative estimate of drug-likeness (QED) is 0.392. The first kappa shape index (κ1) is 24.2. The number of fused-ring (bicyclic) bond motifs is 1. The molecule has 2 N–H and O–H groups in total. The number of likely N-dealkylation sites (N-methyl/N-ethyl adjacent to an activating group) is 1. The van der Waals surface area contributed by atoms with Crippen LogP contribution in [0.1, 0.15) is 38.8 Å². The zero-order chi connectivity index (χ0) is 25.2. The summed E-state index contributed by atoms with van der Waals surface area (Å²) in [7, 11) is 3.34. The van der Waals surface area contributed by atoms with Crippen LogP contribution in [-0.2, 0) is 17.9 Å². The molecule has 1 atom stereocenters. The number of methoxy groups -OCH3 is 1. The van der Waals surface area contributed by atoms with Gasteiger partial charge in [0.25, 0.3) is 11.8 Å². The van der Waals surface area contributed by atoms with Gasteiger partial charge >= 0.3 is 6.03 Å². The molecule has 1 fully saturated rings. The van der Waals surface area contributed by atoms with Gasteiger partial charge in [-0.2, -0.15) is 0 Å². The average Bonchev–Trinajstić information content (AvgIpc) is 3.27. The summed E-state index contributed by atoms with van der Waals surface area (Å²) in [5.74, 6) is 0.555. The molecule has 2 aliphatic rings. The van der Waals surface area contributed by atoms with E-state index in [2.05, 4.69) is 10.6 Å². The summed E-state index contributed by atoms with van der Waals surface area (Å²) in [5, 5.41) is 5.04. The third-order valence-corrected chi connectivity index (χ3v) is 6.20. The van der Waals surface area contributed by atoms with E-state index in [0.717, 1.165) is 17.4 Å². The van der Waals surface area contributed by atoms with Gasteiger partial charge < -0.3 is 19.7 Å². The number of nitrogens with zero attached hydrogens (tertiary/aromatic N) is 2. The molecule has 2 aromatic rings. The fourth-order valence-corrected chi connectivity index (χ4v) is 4.64. The van der Waals surface area contributed by atoms with Crippen molar-refractivity contribution in [3.8, 4) is 11.5 Å². The molecule has 2 aromatic carbocycles. The van der Waals surface area contributed by atoms with Crippen LogP contribution < -0.4 is 20.1 Å². The van der Waals surface area contributed by atoms with Crippen molar-refractivity contribution in [2.75, 3.05) is 33.9 Å². The van der Waals surface area contributed by atoms with Gasteiger partial charge in [-0.05, 0) is 61.5 Å². The molecule has 1 unspecified atom stereocenters. The Balaban J connectivity index is 1.55. The van der Waals surface area contributed by atoms with E-state index in [-0.39, 0.29) is 19.0 Å². The predicted octanol–water partition coefficient (Wildman–Crippen LogP) is 1.57. The van der Waals surface area contributed by atoms with E-state index < -0.39 is 17.5 Å². The zero-order valence-corrected chi connectivity index (χ0v) is 19.9. The first-order valence-corrected chi connectivity index (χ1v) is 11.3. The first-order valence-electron chi connectivity index (χ1n) is 11.3. The third-order valence-electron chi connectivity index (χ3n) is 6.20. The molecule has 10 heteroatoms. The second kappa shape index (κ2) is 9.75. The molecule has 35 heavy (non-hydrogen) atoms. The maximum Gasteiger partial charge on any atom is 0.322 e. The van der Waals surface area contributed by atoms with Crippen LogP contribution in [0.4, 0.5) is 4.79 Å². The molecule has 2 aliphatic heterocycles. The highest BCUT2D eigenvalue weighted by atomic mass is 16.5. The Morgan fingerprint density at radius 3 is 2.57 bits per heavy atom. The Labute approximate surface area is 203 Å². The second-order valence-electron chi connectivity index (χ2n) is 8.76. The Morgan fingerprint density at radius 2 is 1.91 bits per heavy atom. The van der Waals surface area contributed by atoms with E-state index in [1.54, 1.807) is 55.5 Å². The summed E-state index contributed by atoms with van der Waals surface area (Å²) in [6.45, 7) is 3.09. The predicted molar refractivity (Wildman–Crippen MR) is 126 cm³/mol. The van der Waals surface area contributed by atoms with Crippen LogP contribution in [0, 0.1) is 0 Å². The molecule has 4 amide bonds. The number of urea groups is 1. The van der Waals surface area contributed by atoms with E-state index in [9.17, 15) is 19.2 Å². The van der Waals surface area contributed by atoms with E-state index in [4.69, 9.17) is 9.47 Å². The summed E-state index contributed by atoms with van der Waals surface area (Å²) >= 11 is 0. The molecule has 0 spiro atoms. The number of rotatable bonds is 10. The van der Waals surface area contributed by atoms with Crippen molar-refractivity contribution in [3.05, 3.63) is 58.7 Å². The molecule has 10 nitrogen and oxygen atoms in total. The Kier molecular flexibility index (Phi) is 6.74. The maximum absolute atomic E-state index is 13.0. The lowest BCUT2D eigenvalue weighted by Crippen LogP contribution is -2.60. The summed E-state index contributed by atoms with van der Waals surface area (Å²) in [6.07, 6.45) is 0.771. The molecule has 1 saturated heterocycles. The molecular weight excluding hydrogens is 452 g/mol. The lowest BCUT2D eigenvalue weighted by Gasteiger charge is -2.34. The number of aldehydes is 1. The standard InChI is InChI=1S/C25H28N4O6/c1-4-35-20-6-5-16(13-30)17(9-20)11-28(2)14-25(23(32)26-24(33)27-25)15-29-12-18-10-19(34-3)7-8-21(18)22(29)31/h5-10,13H,4,11-12,14-15H2,1-3H3,(H2,26,27,32,33). The molecule has 0 radical (unpaired) electrons. The third kappa shape index (κ3) is 4.83. The fourth-order valence-electron chi connectivity index (χ4n) is 4.64. The SMILES string of the molecule is CCOc1ccc(C=O)c(CN(C)CC2(CN3Cc4cc(OC)ccc4C3=O)NC(=O)NC2=O)c1. The van der Waals surface area contributed by atoms with Gasteiger partial charge in [-0.15, -0.1) is 0 Å². The smallest absolute Gasteiger partial charge is 0.322 e. The lowest BCUT2D eigenvalue weighted by atomic mass is 9.97. The van der Waals surface area contributed by atoms with Gasteiger partial charge in [0, 0.05) is 30.8 Å². The van der Waals surface area contributed by atoms with Crippen molar-refractivity contribution < 1.29 is 28.7 Å². The molecule has 184 valence electrons. The first-order chi connectivity index (χ1) is 16.8. The van der Waals surface area contributed by atoms with Gasteiger partial charge in [-0.25, -0.2) is 4.79 Å². The van der Waals surface area contributed by atoms with Crippen molar-refractivity contribution >= 4 is 24.1 Å². The minimum atomic E-state index is -1.35. The summed E-state index contributed by atoms with van der Waals surface area (Å²) in [5.41, 5.74) is 1.22. The largest absolute Gasteiger partial charge is 0.497 e. The normalized spacial score (nSPS) is 19.0. The van der Waals surface area contributed by atoms with Crippen LogP contribution in [0.3, 0.4) is 0 Å². The number of nitrogens with one attached hydrogen (secondary N) is 2. The average molecular weight is 481 g/mol. The number of ether oxygens (including phenoxy) is 2. The number of carbonyl (C=O) groups excluding carboxylic acids is 4. The van der Waals surface area contributed by atoms with Crippen LogP contribution in [-0.4, -0.2) is 73.3 Å². The van der Waals surface area contributed by atoms with Crippen molar-refractivity contribution in [2.45, 2.75) is 25.6 Å². The van der Waals surface area contributed by atoms with Crippen LogP contribution >= 0.6 is 0 Å². The van der Waals surface area contributed by atoms with E-state index >= 15 is 0 Å². The highest BCUT2D eigenvalue weighted by molar-refractivity contribution is 6.08. The Hall–Kier alpha value is -3.92. The minimum absolute atomic E-state index is 0.00966. The number of amides is 4. The lowest BCUT2D eigenvalue weighted by molar-refractivity contribution is -0.125. The molecule has 2 heterocycles. The monoisotopic (exact) mass is 480 g/mol. The topological polar surface area (TPSA) is 117 Å². The van der Waals surface area contributed by atoms with Crippen LogP contribution in [0.5, 0.6) is 11.5 Å². The van der Waals surface area contributed by atoms with Gasteiger partial charge in [0.15, 0.2) is 5.54 Å². The van der Waals surface area contributed by atoms with Crippen molar-refractivity contribution in [1.29, 1.82) is 0 Å². The van der Waals surface area contributed by atoms with Gasteiger partial charge in [-0.3, -0.25) is 24.6 Å². The summed E-state index contributed by atoms with van der Waals surface area (Å²) < 4.78 is 10.8. The van der Waals surface area contributed by atoms with Gasteiger partial charge in [-0.1, -0.05) is 0 Å². The maximum atomic E-state index is 13.0. The van der Waals surface area contributed by atoms with Gasteiger partial charge in [0.1, 0.15) is 17.8 Å². The molecule has 0 aliphatic carbocycles. The Morgan fingerprint density at radius 1 is 1.14 bits per heavy atom. The number of hydrogen-bond acceptors (Lipinski definition) is 7. The van der Waals surface area contributed by atoms with Crippen molar-refractivity contribution in [3.63, 3.8) is 0 Å². The number of hydrogen-bond donors (Lipinski definition) is 2. The van der Waals surface area contributed by atoms with Crippen molar-refractivity contribution in [2.24, 2.45) is 0 Å². The molecule has 4 rings (SSSR count). The summed E-state index contributed by atoms with van der Waals surface area (Å²) in [4.78, 5) is 53.1. The number of benzene rings is 2. The number of imide groups is 1. The van der Waals surface area contributed by atoms with Crippen LogP contribution in [0.2, 0.25) is 0 Å². The highest BCUT2D eigenvalue weighted by Gasteiger charge is 2.49. The molecule has 0 bridgehead atoms. The van der Waals surface area contributed by atoms with Crippen molar-refractivity contribution in [1.82, 2.24) is 20.4 Å². The molecular formula is C25H28N4O6. The van der Waals surface area contributed by atoms with E-state index in [0.29, 0.717) is 42.3 Å². The summed E-state index contributed by atoms with van der Waals surface area (Å²) in [6, 6.07) is 9.82. The number of carbonyl (C=O) groups is 4. The highest BCUT2D eigenvalue weighted by Crippen LogP contribution is 2.29. The zero-order valence-electron chi connectivity index (χ0n) is 19.9. The van der Waals surface area contributed by atoms with Gasteiger partial charge in [0.2, 0.25) is 0 Å². The van der Waals surface area contributed by atoms with Gasteiger partial charge in [0.05, 0.1) is 20.3 Å². The molecule has 0 aromatic heterocycles. The second-order valence-corrected chi connectivity index (χ2v) is 8.76. The minimum Gasteiger partial charge on any atom is -0.497 e. The fraction of sp³-hybridized carbons (Fsp3) is 0.360. The van der Waals surface area contributed by atoms with Crippen LogP contribution in [0.15, 0.2) is 36.4 Å². The van der Waals surface area contributed by atoms with E-state index in [1.165, 1.54) is 0 Å². The Bertz CT molecular complexity index is 1180. The molecule has 0 saturated carbocycles. The van der Waals surface area contributed by atoms with Crippen LogP contribution in [0.25, 0.3) is 0 Å². The van der Waals surface area contributed by atoms with E-state index in [1.807, 2.05) is 11.8 Å².